The average Bonchev–Trinajstić information content (AvgIpc) is 2.48. The molecular formula is C7H13N3S2. The van der Waals surface area contributed by atoms with Crippen LogP contribution in [0.5, 0.6) is 0 Å². The van der Waals surface area contributed by atoms with Crippen LogP contribution in [0.4, 0.5) is 0 Å². The van der Waals surface area contributed by atoms with Crippen LogP contribution in [-0.4, -0.2) is 21.2 Å². The molecule has 3 nitrogen and oxygen atoms in total. The van der Waals surface area contributed by atoms with Crippen LogP contribution >= 0.6 is 21.6 Å². The normalized spacial score (nSPS) is 11.0. The third kappa shape index (κ3) is 2.71. The molecule has 0 N–H and O–H groups in total. The first-order valence-electron chi connectivity index (χ1n) is 3.80. The van der Waals surface area contributed by atoms with Gasteiger partial charge in [-0.05, 0) is 20.1 Å². The molecule has 0 saturated carbocycles. The van der Waals surface area contributed by atoms with Gasteiger partial charge in [0.2, 0.25) is 0 Å². The highest BCUT2D eigenvalue weighted by Gasteiger charge is 2.02. The Morgan fingerprint density at radius 3 is 2.83 bits per heavy atom. The summed E-state index contributed by atoms with van der Waals surface area (Å²) in [4.78, 5) is 0. The van der Waals surface area contributed by atoms with Gasteiger partial charge >= 0.3 is 0 Å². The van der Waals surface area contributed by atoms with Gasteiger partial charge in [0.05, 0.1) is 5.69 Å². The second-order valence-electron chi connectivity index (χ2n) is 2.71. The topological polar surface area (TPSA) is 30.7 Å². The number of nitrogens with zero attached hydrogens (tertiary/aromatic N) is 3. The van der Waals surface area contributed by atoms with Crippen LogP contribution in [0.1, 0.15) is 25.6 Å². The second-order valence-corrected chi connectivity index (χ2v) is 5.28. The van der Waals surface area contributed by atoms with E-state index in [2.05, 4.69) is 30.4 Å². The Morgan fingerprint density at radius 2 is 2.33 bits per heavy atom. The maximum atomic E-state index is 4.05. The van der Waals surface area contributed by atoms with Gasteiger partial charge in [-0.15, -0.1) is 5.10 Å². The molecule has 68 valence electrons. The number of rotatable bonds is 4. The van der Waals surface area contributed by atoms with Crippen LogP contribution in [0.15, 0.2) is 6.20 Å². The van der Waals surface area contributed by atoms with Gasteiger partial charge in [-0.2, -0.15) is 0 Å². The Bertz CT molecular complexity index is 234. The predicted molar refractivity (Wildman–Crippen MR) is 55.2 cm³/mol. The van der Waals surface area contributed by atoms with E-state index >= 15 is 0 Å². The SMILES string of the molecule is CSSCc1cn(C(C)C)nn1. The lowest BCUT2D eigenvalue weighted by Crippen LogP contribution is -2.00. The van der Waals surface area contributed by atoms with E-state index in [1.165, 1.54) is 0 Å². The van der Waals surface area contributed by atoms with Crippen LogP contribution < -0.4 is 0 Å². The fraction of sp³-hybridized carbons (Fsp3) is 0.714. The molecular weight excluding hydrogens is 190 g/mol. The summed E-state index contributed by atoms with van der Waals surface area (Å²) in [5.41, 5.74) is 1.06. The molecule has 0 aromatic carbocycles. The molecule has 1 aromatic rings. The van der Waals surface area contributed by atoms with Gasteiger partial charge in [-0.25, -0.2) is 4.68 Å². The summed E-state index contributed by atoms with van der Waals surface area (Å²) in [6, 6.07) is 0.408. The zero-order chi connectivity index (χ0) is 8.97. The van der Waals surface area contributed by atoms with E-state index in [0.717, 1.165) is 11.4 Å². The molecule has 0 radical (unpaired) electrons. The maximum Gasteiger partial charge on any atom is 0.0934 e. The molecule has 0 aliphatic heterocycles. The lowest BCUT2D eigenvalue weighted by molar-refractivity contribution is 0.514. The summed E-state index contributed by atoms with van der Waals surface area (Å²) in [7, 11) is 3.54. The number of hydrogen-bond acceptors (Lipinski definition) is 4. The van der Waals surface area contributed by atoms with E-state index in [-0.39, 0.29) is 0 Å². The van der Waals surface area contributed by atoms with Crippen molar-refractivity contribution in [1.82, 2.24) is 15.0 Å². The highest BCUT2D eigenvalue weighted by Crippen LogP contribution is 2.21. The van der Waals surface area contributed by atoms with E-state index in [1.807, 2.05) is 10.9 Å². The van der Waals surface area contributed by atoms with Gasteiger partial charge in [-0.1, -0.05) is 26.8 Å². The van der Waals surface area contributed by atoms with Crippen LogP contribution in [0.2, 0.25) is 0 Å². The van der Waals surface area contributed by atoms with Crippen molar-refractivity contribution < 1.29 is 0 Å². The lowest BCUT2D eigenvalue weighted by Gasteiger charge is -2.00. The molecule has 0 fully saturated rings. The highest BCUT2D eigenvalue weighted by molar-refractivity contribution is 8.76. The van der Waals surface area contributed by atoms with Gasteiger partial charge in [0.15, 0.2) is 0 Å². The van der Waals surface area contributed by atoms with Crippen molar-refractivity contribution in [2.24, 2.45) is 0 Å². The summed E-state index contributed by atoms with van der Waals surface area (Å²) in [6.07, 6.45) is 4.07. The first-order chi connectivity index (χ1) is 5.74. The van der Waals surface area contributed by atoms with Gasteiger partial charge in [0.1, 0.15) is 0 Å². The summed E-state index contributed by atoms with van der Waals surface area (Å²) < 4.78 is 1.89. The first-order valence-corrected chi connectivity index (χ1v) is 6.53. The lowest BCUT2D eigenvalue weighted by atomic mass is 10.4. The van der Waals surface area contributed by atoms with Crippen LogP contribution in [0.3, 0.4) is 0 Å². The first kappa shape index (κ1) is 9.92. The Hall–Kier alpha value is -0.160. The maximum absolute atomic E-state index is 4.05. The van der Waals surface area contributed by atoms with Crippen molar-refractivity contribution in [3.8, 4) is 0 Å². The van der Waals surface area contributed by atoms with Crippen molar-refractivity contribution in [2.75, 3.05) is 6.26 Å². The predicted octanol–water partition coefficient (Wildman–Crippen LogP) is 2.37. The molecule has 12 heavy (non-hydrogen) atoms. The van der Waals surface area contributed by atoms with Gasteiger partial charge in [0.25, 0.3) is 0 Å². The summed E-state index contributed by atoms with van der Waals surface area (Å²) in [5.74, 6) is 0.938. The van der Waals surface area contributed by atoms with Crippen LogP contribution in [-0.2, 0) is 5.75 Å². The van der Waals surface area contributed by atoms with Gasteiger partial charge in [-0.3, -0.25) is 0 Å². The van der Waals surface area contributed by atoms with Crippen molar-refractivity contribution in [3.63, 3.8) is 0 Å². The largest absolute Gasteiger partial charge is 0.250 e. The van der Waals surface area contributed by atoms with E-state index < -0.39 is 0 Å². The summed E-state index contributed by atoms with van der Waals surface area (Å²) in [5, 5.41) is 8.07. The standard InChI is InChI=1S/C7H13N3S2/c1-6(2)10-4-7(8-9-10)5-12-11-3/h4,6H,5H2,1-3H3. The molecule has 0 aliphatic rings. The van der Waals surface area contributed by atoms with Crippen molar-refractivity contribution in [3.05, 3.63) is 11.9 Å². The Labute approximate surface area is 80.7 Å². The minimum absolute atomic E-state index is 0.408. The van der Waals surface area contributed by atoms with Crippen molar-refractivity contribution in [1.29, 1.82) is 0 Å². The molecule has 0 spiro atoms. The molecule has 0 atom stereocenters. The Balaban J connectivity index is 2.52. The van der Waals surface area contributed by atoms with Crippen molar-refractivity contribution in [2.45, 2.75) is 25.6 Å². The molecule has 0 amide bonds. The van der Waals surface area contributed by atoms with E-state index in [1.54, 1.807) is 21.6 Å². The molecule has 0 unspecified atom stereocenters. The van der Waals surface area contributed by atoms with E-state index in [4.69, 9.17) is 0 Å². The minimum atomic E-state index is 0.408. The number of hydrogen-bond donors (Lipinski definition) is 0. The molecule has 0 aliphatic carbocycles. The third-order valence-electron chi connectivity index (χ3n) is 1.41. The quantitative estimate of drug-likeness (QED) is 0.703. The summed E-state index contributed by atoms with van der Waals surface area (Å²) in [6.45, 7) is 4.19. The molecule has 0 saturated heterocycles. The Kier molecular flexibility index (Phi) is 3.94. The smallest absolute Gasteiger partial charge is 0.0934 e. The molecule has 1 rings (SSSR count). The Morgan fingerprint density at radius 1 is 1.58 bits per heavy atom. The zero-order valence-corrected chi connectivity index (χ0v) is 9.15. The minimum Gasteiger partial charge on any atom is -0.250 e. The van der Waals surface area contributed by atoms with Crippen LogP contribution in [0, 0.1) is 0 Å². The molecule has 1 heterocycles. The zero-order valence-electron chi connectivity index (χ0n) is 7.52. The highest BCUT2D eigenvalue weighted by atomic mass is 33.1. The average molecular weight is 203 g/mol. The van der Waals surface area contributed by atoms with Crippen LogP contribution in [0.25, 0.3) is 0 Å². The van der Waals surface area contributed by atoms with Crippen molar-refractivity contribution >= 4 is 21.6 Å². The number of aromatic nitrogens is 3. The van der Waals surface area contributed by atoms with E-state index in [9.17, 15) is 0 Å². The summed E-state index contributed by atoms with van der Waals surface area (Å²) >= 11 is 0. The van der Waals surface area contributed by atoms with Gasteiger partial charge in [0, 0.05) is 18.0 Å². The fourth-order valence-electron chi connectivity index (χ4n) is 0.751. The fourth-order valence-corrected chi connectivity index (χ4v) is 1.84. The second kappa shape index (κ2) is 4.77. The molecule has 5 heteroatoms. The molecule has 1 aromatic heterocycles. The van der Waals surface area contributed by atoms with Gasteiger partial charge < -0.3 is 0 Å². The van der Waals surface area contributed by atoms with E-state index in [0.29, 0.717) is 6.04 Å². The monoisotopic (exact) mass is 203 g/mol. The molecule has 0 bridgehead atoms. The third-order valence-corrected chi connectivity index (χ3v) is 3.12.